The lowest BCUT2D eigenvalue weighted by Crippen LogP contribution is -2.42. The second-order valence-electron chi connectivity index (χ2n) is 3.09. The van der Waals surface area contributed by atoms with E-state index in [0.717, 1.165) is 0 Å². The predicted molar refractivity (Wildman–Crippen MR) is 51.3 cm³/mol. The molecule has 1 atom stereocenters. The van der Waals surface area contributed by atoms with Crippen molar-refractivity contribution in [2.75, 3.05) is 13.2 Å². The average Bonchev–Trinajstić information content (AvgIpc) is 2.14. The Hall–Kier alpha value is -1.57. The first-order chi connectivity index (χ1) is 7.76. The normalized spacial score (nSPS) is 12.9. The zero-order valence-electron chi connectivity index (χ0n) is 8.79. The molecule has 0 aliphatic rings. The number of alkyl halides is 3. The number of ether oxygens (including phenoxy) is 1. The van der Waals surface area contributed by atoms with Gasteiger partial charge in [-0.2, -0.15) is 13.2 Å². The van der Waals surface area contributed by atoms with Crippen molar-refractivity contribution in [2.45, 2.75) is 18.6 Å². The van der Waals surface area contributed by atoms with Crippen LogP contribution in [0.2, 0.25) is 0 Å². The Morgan fingerprint density at radius 1 is 1.47 bits per heavy atom. The van der Waals surface area contributed by atoms with Gasteiger partial charge >= 0.3 is 12.1 Å². The maximum atomic E-state index is 11.7. The average molecular weight is 255 g/mol. The number of aliphatic carboxylic acids is 1. The van der Waals surface area contributed by atoms with Gasteiger partial charge < -0.3 is 15.2 Å². The zero-order valence-corrected chi connectivity index (χ0v) is 8.79. The minimum Gasteiger partial charge on any atom is -0.480 e. The molecule has 0 heterocycles. The summed E-state index contributed by atoms with van der Waals surface area (Å²) in [6.45, 7) is 0.887. The number of halogens is 3. The van der Waals surface area contributed by atoms with Crippen LogP contribution in [-0.2, 0) is 14.3 Å². The van der Waals surface area contributed by atoms with Crippen molar-refractivity contribution in [2.24, 2.45) is 0 Å². The third-order valence-electron chi connectivity index (χ3n) is 1.53. The first-order valence-electron chi connectivity index (χ1n) is 4.54. The predicted octanol–water partition coefficient (Wildman–Crippen LogP) is 0.711. The van der Waals surface area contributed by atoms with Crippen LogP contribution in [0.25, 0.3) is 0 Å². The summed E-state index contributed by atoms with van der Waals surface area (Å²) in [6, 6.07) is -1.21. The molecule has 17 heavy (non-hydrogen) atoms. The van der Waals surface area contributed by atoms with E-state index >= 15 is 0 Å². The highest BCUT2D eigenvalue weighted by Gasteiger charge is 2.28. The smallest absolute Gasteiger partial charge is 0.411 e. The summed E-state index contributed by atoms with van der Waals surface area (Å²) in [7, 11) is 0. The molecule has 8 heteroatoms. The lowest BCUT2D eigenvalue weighted by molar-refractivity contribution is -0.176. The van der Waals surface area contributed by atoms with Crippen LogP contribution in [0.5, 0.6) is 0 Å². The topological polar surface area (TPSA) is 75.6 Å². The lowest BCUT2D eigenvalue weighted by Gasteiger charge is -2.13. The van der Waals surface area contributed by atoms with Crippen molar-refractivity contribution in [1.82, 2.24) is 5.32 Å². The van der Waals surface area contributed by atoms with Crippen LogP contribution in [0.3, 0.4) is 0 Å². The van der Waals surface area contributed by atoms with Gasteiger partial charge in [0.1, 0.15) is 19.3 Å². The molecule has 0 aliphatic heterocycles. The minimum atomic E-state index is -4.52. The molecule has 0 rings (SSSR count). The quantitative estimate of drug-likeness (QED) is 0.657. The highest BCUT2D eigenvalue weighted by Crippen LogP contribution is 2.14. The van der Waals surface area contributed by atoms with Gasteiger partial charge in [-0.05, 0) is 6.42 Å². The van der Waals surface area contributed by atoms with E-state index in [-0.39, 0.29) is 6.42 Å². The fourth-order valence-corrected chi connectivity index (χ4v) is 0.884. The fraction of sp³-hybridized carbons (Fsp3) is 0.556. The molecule has 0 radical (unpaired) electrons. The summed E-state index contributed by atoms with van der Waals surface area (Å²) in [5, 5.41) is 10.6. The number of carbonyl (C=O) groups is 2. The summed E-state index contributed by atoms with van der Waals surface area (Å²) in [5.41, 5.74) is 0. The second kappa shape index (κ2) is 6.89. The molecule has 5 nitrogen and oxygen atoms in total. The number of hydrogen-bond acceptors (Lipinski definition) is 3. The largest absolute Gasteiger partial charge is 0.480 e. The molecule has 0 spiro atoms. The third-order valence-corrected chi connectivity index (χ3v) is 1.53. The van der Waals surface area contributed by atoms with Gasteiger partial charge in [0.25, 0.3) is 0 Å². The molecular formula is C9H12F3NO4. The monoisotopic (exact) mass is 255 g/mol. The van der Waals surface area contributed by atoms with Gasteiger partial charge in [0.05, 0.1) is 0 Å². The minimum absolute atomic E-state index is 0.0274. The molecule has 1 amide bonds. The molecular weight excluding hydrogens is 243 g/mol. The van der Waals surface area contributed by atoms with Crippen LogP contribution in [0.1, 0.15) is 6.42 Å². The molecule has 0 aliphatic carbocycles. The lowest BCUT2D eigenvalue weighted by atomic mass is 10.2. The van der Waals surface area contributed by atoms with E-state index in [0.29, 0.717) is 0 Å². The van der Waals surface area contributed by atoms with Gasteiger partial charge in [0.2, 0.25) is 5.91 Å². The van der Waals surface area contributed by atoms with E-state index in [2.05, 4.69) is 11.3 Å². The van der Waals surface area contributed by atoms with Crippen LogP contribution >= 0.6 is 0 Å². The summed E-state index contributed by atoms with van der Waals surface area (Å²) in [6.07, 6.45) is -3.27. The highest BCUT2D eigenvalue weighted by molar-refractivity contribution is 5.84. The molecule has 0 aromatic heterocycles. The molecule has 0 bridgehead atoms. The second-order valence-corrected chi connectivity index (χ2v) is 3.09. The summed E-state index contributed by atoms with van der Waals surface area (Å²) in [5.74, 6) is -2.22. The Bertz CT molecular complexity index is 290. The van der Waals surface area contributed by atoms with Gasteiger partial charge in [-0.3, -0.25) is 4.79 Å². The van der Waals surface area contributed by atoms with Crippen LogP contribution in [0.4, 0.5) is 13.2 Å². The van der Waals surface area contributed by atoms with Crippen LogP contribution in [0.15, 0.2) is 12.7 Å². The summed E-state index contributed by atoms with van der Waals surface area (Å²) >= 11 is 0. The van der Waals surface area contributed by atoms with Gasteiger partial charge in [-0.15, -0.1) is 6.58 Å². The van der Waals surface area contributed by atoms with E-state index in [1.807, 2.05) is 5.32 Å². The van der Waals surface area contributed by atoms with Gasteiger partial charge in [-0.1, -0.05) is 6.08 Å². The van der Waals surface area contributed by atoms with Crippen LogP contribution in [0, 0.1) is 0 Å². The van der Waals surface area contributed by atoms with Crippen LogP contribution in [-0.4, -0.2) is 42.4 Å². The highest BCUT2D eigenvalue weighted by atomic mass is 19.4. The number of carbonyl (C=O) groups excluding carboxylic acids is 1. The number of nitrogens with one attached hydrogen (secondary N) is 1. The van der Waals surface area contributed by atoms with Gasteiger partial charge in [-0.25, -0.2) is 4.79 Å². The van der Waals surface area contributed by atoms with E-state index < -0.39 is 37.3 Å². The van der Waals surface area contributed by atoms with E-state index in [9.17, 15) is 22.8 Å². The molecule has 0 fully saturated rings. The first kappa shape index (κ1) is 15.4. The van der Waals surface area contributed by atoms with Crippen molar-refractivity contribution in [3.63, 3.8) is 0 Å². The van der Waals surface area contributed by atoms with Gasteiger partial charge in [0.15, 0.2) is 0 Å². The molecule has 2 N–H and O–H groups in total. The van der Waals surface area contributed by atoms with E-state index in [1.54, 1.807) is 0 Å². The molecule has 0 saturated heterocycles. The number of carboxylic acids is 1. The maximum Gasteiger partial charge on any atom is 0.411 e. The molecule has 98 valence electrons. The zero-order chi connectivity index (χ0) is 13.5. The summed E-state index contributed by atoms with van der Waals surface area (Å²) < 4.78 is 39.0. The van der Waals surface area contributed by atoms with Crippen molar-refractivity contribution >= 4 is 11.9 Å². The van der Waals surface area contributed by atoms with Gasteiger partial charge in [0, 0.05) is 0 Å². The Labute approximate surface area is 95.2 Å². The van der Waals surface area contributed by atoms with Crippen molar-refractivity contribution < 1.29 is 32.6 Å². The van der Waals surface area contributed by atoms with Crippen molar-refractivity contribution in [1.29, 1.82) is 0 Å². The van der Waals surface area contributed by atoms with E-state index in [4.69, 9.17) is 5.11 Å². The molecule has 0 aromatic rings. The Morgan fingerprint density at radius 3 is 2.47 bits per heavy atom. The molecule has 0 aromatic carbocycles. The van der Waals surface area contributed by atoms with Crippen LogP contribution < -0.4 is 5.32 Å². The number of hydrogen-bond donors (Lipinski definition) is 2. The molecule has 0 saturated carbocycles. The van der Waals surface area contributed by atoms with Crippen molar-refractivity contribution in [3.05, 3.63) is 12.7 Å². The SMILES string of the molecule is C=CCC(NC(=O)COCC(F)(F)F)C(=O)O. The number of amides is 1. The maximum absolute atomic E-state index is 11.7. The Morgan fingerprint density at radius 2 is 2.06 bits per heavy atom. The number of rotatable bonds is 7. The molecule has 1 unspecified atom stereocenters. The fourth-order valence-electron chi connectivity index (χ4n) is 0.884. The van der Waals surface area contributed by atoms with E-state index in [1.165, 1.54) is 6.08 Å². The number of carboxylic acid groups (broad SMARTS) is 1. The standard InChI is InChI=1S/C9H12F3NO4/c1-2-3-6(8(15)16)13-7(14)4-17-5-9(10,11)12/h2,6H,1,3-5H2,(H,13,14)(H,15,16). The van der Waals surface area contributed by atoms with Crippen molar-refractivity contribution in [3.8, 4) is 0 Å². The Balaban J connectivity index is 3.99. The third kappa shape index (κ3) is 8.26. The first-order valence-corrected chi connectivity index (χ1v) is 4.54. The summed E-state index contributed by atoms with van der Waals surface area (Å²) in [4.78, 5) is 21.6. The Kier molecular flexibility index (Phi) is 6.26.